The van der Waals surface area contributed by atoms with E-state index in [0.29, 0.717) is 34.9 Å². The van der Waals surface area contributed by atoms with Crippen LogP contribution in [0.4, 0.5) is 0 Å². The lowest BCUT2D eigenvalue weighted by Crippen LogP contribution is -2.41. The van der Waals surface area contributed by atoms with Crippen molar-refractivity contribution in [1.82, 2.24) is 48.7 Å². The number of nitrogens with zero attached hydrogens (tertiary/aromatic N) is 10. The molecule has 8 aromatic heterocycles. The predicted octanol–water partition coefficient (Wildman–Crippen LogP) is 29.8. The minimum atomic E-state index is -0.561. The molecule has 1 aliphatic heterocycles. The number of para-hydroxylation sites is 4. The molecule has 0 radical (unpaired) electrons. The quantitative estimate of drug-likeness (QED) is 0.0944. The van der Waals surface area contributed by atoms with Gasteiger partial charge in [-0.3, -0.25) is 8.80 Å². The summed E-state index contributed by atoms with van der Waals surface area (Å²) in [6.07, 6.45) is 0. The van der Waals surface area contributed by atoms with Crippen molar-refractivity contribution in [2.24, 2.45) is 0 Å². The maximum atomic E-state index is 6.79. The predicted molar refractivity (Wildman–Crippen MR) is 551 cm³/mol. The summed E-state index contributed by atoms with van der Waals surface area (Å²) >= 11 is 3.59. The number of rotatable bonds is 10. The first-order valence-electron chi connectivity index (χ1n) is 44.9. The zero-order valence-electron chi connectivity index (χ0n) is 73.2. The molecule has 0 N–H and O–H groups in total. The number of hydrogen-bond acceptors (Lipinski definition) is 12. The van der Waals surface area contributed by atoms with E-state index in [1.54, 1.807) is 0 Å². The Kier molecular flexibility index (Phi) is 19.0. The van der Waals surface area contributed by atoms with E-state index in [-0.39, 0.29) is 0 Å². The first-order valence-corrected chi connectivity index (χ1v) is 45.7. The molecule has 0 saturated carbocycles. The Hall–Kier alpha value is -16.5. The Morgan fingerprint density at radius 2 is 0.575 bits per heavy atom. The highest BCUT2D eigenvalue weighted by atomic mass is 79.9. The van der Waals surface area contributed by atoms with Crippen LogP contribution in [-0.4, -0.2) is 67.0 Å². The topological polar surface area (TPSA) is 157 Å². The van der Waals surface area contributed by atoms with Crippen LogP contribution in [0.15, 0.2) is 414 Å². The van der Waals surface area contributed by atoms with Gasteiger partial charge in [0.05, 0.1) is 33.3 Å². The van der Waals surface area contributed by atoms with Crippen LogP contribution in [0, 0.1) is 0 Å². The Morgan fingerprint density at radius 3 is 1.02 bits per heavy atom. The molecule has 1 fully saturated rings. The molecule has 26 aromatic rings. The van der Waals surface area contributed by atoms with Crippen LogP contribution >= 0.6 is 15.9 Å². The van der Waals surface area contributed by atoms with Gasteiger partial charge in [0, 0.05) is 70.2 Å². The van der Waals surface area contributed by atoms with E-state index in [1.807, 2.05) is 158 Å². The third-order valence-electron chi connectivity index (χ3n) is 26.5. The molecule has 18 aromatic carbocycles. The fourth-order valence-corrected chi connectivity index (χ4v) is 19.7. The third kappa shape index (κ3) is 13.7. The number of imidazole rings is 2. The Balaban J connectivity index is 0.000000117. The van der Waals surface area contributed by atoms with Gasteiger partial charge in [-0.1, -0.05) is 325 Å². The molecule has 134 heavy (non-hydrogen) atoms. The highest BCUT2D eigenvalue weighted by Crippen LogP contribution is 2.47. The molecule has 634 valence electrons. The molecule has 0 aliphatic carbocycles. The summed E-state index contributed by atoms with van der Waals surface area (Å²) in [4.78, 5) is 40.5. The summed E-state index contributed by atoms with van der Waals surface area (Å²) in [5.41, 5.74) is 23.3. The van der Waals surface area contributed by atoms with Crippen molar-refractivity contribution in [3.63, 3.8) is 0 Å². The molecule has 0 bridgehead atoms. The van der Waals surface area contributed by atoms with Gasteiger partial charge < -0.3 is 18.1 Å². The van der Waals surface area contributed by atoms with E-state index in [2.05, 4.69) is 295 Å². The van der Waals surface area contributed by atoms with Crippen molar-refractivity contribution in [3.05, 3.63) is 405 Å². The van der Waals surface area contributed by atoms with Gasteiger partial charge in [-0.25, -0.2) is 39.9 Å². The van der Waals surface area contributed by atoms with Crippen LogP contribution < -0.4 is 5.46 Å². The molecule has 1 aliphatic rings. The lowest BCUT2D eigenvalue weighted by atomic mass is 9.76. The Morgan fingerprint density at radius 1 is 0.246 bits per heavy atom. The molecule has 0 amide bonds. The minimum absolute atomic E-state index is 0.488. The van der Waals surface area contributed by atoms with Gasteiger partial charge in [0.25, 0.3) is 0 Å². The number of benzene rings is 18. The van der Waals surface area contributed by atoms with Crippen LogP contribution in [0.2, 0.25) is 0 Å². The summed E-state index contributed by atoms with van der Waals surface area (Å²) in [5.74, 6) is 3.66. The van der Waals surface area contributed by atoms with Crippen molar-refractivity contribution in [2.45, 2.75) is 38.9 Å². The second kappa shape index (κ2) is 32.0. The summed E-state index contributed by atoms with van der Waals surface area (Å²) in [5, 5.41) is 16.0. The summed E-state index contributed by atoms with van der Waals surface area (Å²) in [6.45, 7) is 8.33. The van der Waals surface area contributed by atoms with E-state index in [0.717, 1.165) is 176 Å². The summed E-state index contributed by atoms with van der Waals surface area (Å²) < 4.78 is 31.8. The molecular weight excluding hydrogens is 1710 g/mol. The standard InChI is InChI=1S/C56H33N5O.C41H34BN3O2.C21H11BrN2O/c1-3-15-34(16-4-1)53-58-54(35-17-5-2-6-18-35)60-55(59-53)40-30-38(29-39(31-40)46-33-37-19-7-8-20-41(37)42-21-9-10-22-43(42)46)36-27-28-50-47(32-36)51-52(62-50)44-23-11-12-24-45(44)56-57-48-25-13-14-26-49(48)61(51)56;1-40(2)41(3,4)47-42(46-40)32-24-30(36-26-29-19-11-12-20-33(29)34-21-13-14-22-35(34)36)23-31(25-32)39-44-37(27-15-7-5-8-16-27)43-38(45-39)28-17-9-6-10-18-28;22-12-9-10-18-15(11-12)19-20(25-18)13-5-1-2-6-14(13)21-23-16-7-3-4-8-17(16)24(19)21/h1-33H;5-26H,1-4H3;1-11H. The largest absolute Gasteiger partial charge is 0.494 e. The normalized spacial score (nSPS) is 13.2. The highest BCUT2D eigenvalue weighted by molar-refractivity contribution is 9.10. The summed E-state index contributed by atoms with van der Waals surface area (Å²) in [7, 11) is -0.561. The average Bonchev–Trinajstić information content (AvgIpc) is 1.54. The monoisotopic (exact) mass is 1790 g/mol. The molecule has 0 atom stereocenters. The number of fused-ring (bicyclic) bond motifs is 26. The molecule has 0 spiro atoms. The smallest absolute Gasteiger partial charge is 0.454 e. The van der Waals surface area contributed by atoms with Crippen LogP contribution in [0.25, 0.3) is 244 Å². The Labute approximate surface area is 777 Å². The van der Waals surface area contributed by atoms with Crippen LogP contribution in [0.1, 0.15) is 27.7 Å². The second-order valence-corrected chi connectivity index (χ2v) is 36.1. The van der Waals surface area contributed by atoms with Gasteiger partial charge in [0.2, 0.25) is 0 Å². The molecule has 9 heterocycles. The van der Waals surface area contributed by atoms with Gasteiger partial charge in [0.1, 0.15) is 33.5 Å². The zero-order valence-corrected chi connectivity index (χ0v) is 74.8. The van der Waals surface area contributed by atoms with Crippen LogP contribution in [0.5, 0.6) is 0 Å². The molecule has 27 rings (SSSR count). The molecule has 14 nitrogen and oxygen atoms in total. The van der Waals surface area contributed by atoms with Crippen molar-refractivity contribution < 1.29 is 18.1 Å². The second-order valence-electron chi connectivity index (χ2n) is 35.2. The fraction of sp³-hybridized carbons (Fsp3) is 0.0508. The molecule has 16 heteroatoms. The number of aromatic nitrogens is 10. The van der Waals surface area contributed by atoms with Gasteiger partial charge >= 0.3 is 7.12 Å². The van der Waals surface area contributed by atoms with Crippen molar-refractivity contribution in [1.29, 1.82) is 0 Å². The van der Waals surface area contributed by atoms with Crippen molar-refractivity contribution in [2.75, 3.05) is 0 Å². The number of hydrogen-bond donors (Lipinski definition) is 0. The lowest BCUT2D eigenvalue weighted by molar-refractivity contribution is 0.00578. The Bertz CT molecular complexity index is 9130. The highest BCUT2D eigenvalue weighted by Gasteiger charge is 2.52. The van der Waals surface area contributed by atoms with Crippen LogP contribution in [0.3, 0.4) is 0 Å². The van der Waals surface area contributed by atoms with Crippen molar-refractivity contribution in [3.8, 4) is 102 Å². The van der Waals surface area contributed by atoms with Gasteiger partial charge in [-0.05, 0) is 201 Å². The molecular formula is C118H78BBrN10O4. The third-order valence-corrected chi connectivity index (χ3v) is 27.0. The van der Waals surface area contributed by atoms with Gasteiger partial charge in [-0.2, -0.15) is 0 Å². The maximum absolute atomic E-state index is 6.79. The van der Waals surface area contributed by atoms with Crippen molar-refractivity contribution >= 4 is 171 Å². The van der Waals surface area contributed by atoms with E-state index in [1.165, 1.54) is 43.1 Å². The SMILES string of the molecule is Brc1ccc2oc3c4ccccc4c4nc5ccccc5n4c3c2c1.CC1(C)OB(c2cc(-c3nc(-c4ccccc4)nc(-c4ccccc4)n3)cc(-c3cc4ccccc4c4ccccc34)c2)OC1(C)C.c1ccc(-c2nc(-c3ccccc3)nc(-c3cc(-c4ccc5oc6c7ccccc7c7nc8ccccc8n7c6c5c4)cc(-c4cc5ccccc5c5ccccc45)c3)n2)cc1. The number of pyridine rings is 2. The molecule has 0 unspecified atom stereocenters. The number of furan rings is 2. The maximum Gasteiger partial charge on any atom is 0.494 e. The number of halogens is 1. The van der Waals surface area contributed by atoms with E-state index in [4.69, 9.17) is 58.0 Å². The van der Waals surface area contributed by atoms with Gasteiger partial charge in [0.15, 0.2) is 46.1 Å². The summed E-state index contributed by atoms with van der Waals surface area (Å²) in [6, 6.07) is 139. The molecule has 1 saturated heterocycles. The fourth-order valence-electron chi connectivity index (χ4n) is 19.3. The van der Waals surface area contributed by atoms with Crippen LogP contribution in [-0.2, 0) is 9.31 Å². The first kappa shape index (κ1) is 79.7. The average molecular weight is 1790 g/mol. The van der Waals surface area contributed by atoms with Gasteiger partial charge in [-0.15, -0.1) is 0 Å². The van der Waals surface area contributed by atoms with E-state index in [9.17, 15) is 0 Å². The first-order chi connectivity index (χ1) is 65.8. The lowest BCUT2D eigenvalue weighted by Gasteiger charge is -2.32. The zero-order chi connectivity index (χ0) is 89.4. The minimum Gasteiger partial charge on any atom is -0.454 e. The van der Waals surface area contributed by atoms with E-state index >= 15 is 0 Å². The van der Waals surface area contributed by atoms with E-state index < -0.39 is 18.3 Å².